The Kier molecular flexibility index (Phi) is 12.6. The zero-order valence-electron chi connectivity index (χ0n) is 22.9. The summed E-state index contributed by atoms with van der Waals surface area (Å²) < 4.78 is 5.26. The van der Waals surface area contributed by atoms with E-state index in [0.717, 1.165) is 5.56 Å². The van der Waals surface area contributed by atoms with Crippen LogP contribution in [0.1, 0.15) is 95.4 Å². The summed E-state index contributed by atoms with van der Waals surface area (Å²) in [4.78, 5) is 55.4. The van der Waals surface area contributed by atoms with Crippen molar-refractivity contribution in [1.29, 1.82) is 10.5 Å². The number of aldehydes is 1. The number of ether oxygens (including phenoxy) is 1. The van der Waals surface area contributed by atoms with Gasteiger partial charge in [0.05, 0.1) is 40.8 Å². The maximum atomic E-state index is 12.2. The second-order valence-electron chi connectivity index (χ2n) is 9.05. The molecule has 1 unspecified atom stereocenters. The number of aromatic carboxylic acids is 1. The van der Waals surface area contributed by atoms with Crippen LogP contribution in [0.3, 0.4) is 0 Å². The molecule has 1 heterocycles. The molecule has 0 saturated carbocycles. The maximum Gasteiger partial charge on any atom is 0.339 e. The van der Waals surface area contributed by atoms with Crippen molar-refractivity contribution < 1.29 is 33.8 Å². The fourth-order valence-corrected chi connectivity index (χ4v) is 3.96. The van der Waals surface area contributed by atoms with Gasteiger partial charge in [0, 0.05) is 22.3 Å². The molecule has 1 aliphatic heterocycles. The zero-order chi connectivity index (χ0) is 31.4. The number of esters is 1. The van der Waals surface area contributed by atoms with Gasteiger partial charge >= 0.3 is 11.9 Å². The maximum absolute atomic E-state index is 12.2. The lowest BCUT2D eigenvalue weighted by atomic mass is 9.98. The SMILES string of the molecule is C.CC(=O)c1ccc(C#N)cc1.N#Cc1ccc(C(=O)CC2OC(=O)c3ccccc32)cc1.O=Cc1ccccc1C(=O)O. The van der Waals surface area contributed by atoms with Gasteiger partial charge in [-0.05, 0) is 43.3 Å². The standard InChI is InChI=1S/C17H11NO3.C9H7NO.C8H6O3.CH4/c18-10-11-5-7-12(8-6-11)15(19)9-16-13-3-1-2-4-14(13)17(20)21-16;1-7(11)9-4-2-8(6-10)3-5-9;9-5-6-3-1-2-4-7(6)8(10)11;/h1-8,16H,9H2;2-5H,1H3;1-5H,(H,10,11);1H4. The fraction of sp³-hybridized carbons (Fsp3) is 0.114. The molecule has 9 heteroatoms. The lowest BCUT2D eigenvalue weighted by Crippen LogP contribution is -2.07. The predicted molar refractivity (Wildman–Crippen MR) is 161 cm³/mol. The van der Waals surface area contributed by atoms with Gasteiger partial charge in [-0.25, -0.2) is 9.59 Å². The van der Waals surface area contributed by atoms with E-state index in [2.05, 4.69) is 0 Å². The Morgan fingerprint density at radius 2 is 1.34 bits per heavy atom. The zero-order valence-corrected chi connectivity index (χ0v) is 22.9. The van der Waals surface area contributed by atoms with E-state index in [-0.39, 0.29) is 42.5 Å². The first-order valence-electron chi connectivity index (χ1n) is 12.8. The topological polar surface area (TPSA) is 162 Å². The van der Waals surface area contributed by atoms with Crippen molar-refractivity contribution in [3.63, 3.8) is 0 Å². The Morgan fingerprint density at radius 3 is 1.84 bits per heavy atom. The predicted octanol–water partition coefficient (Wildman–Crippen LogP) is 6.64. The molecule has 1 atom stereocenters. The largest absolute Gasteiger partial charge is 0.478 e. The van der Waals surface area contributed by atoms with E-state index in [4.69, 9.17) is 20.4 Å². The van der Waals surface area contributed by atoms with Crippen LogP contribution in [0, 0.1) is 22.7 Å². The summed E-state index contributed by atoms with van der Waals surface area (Å²) >= 11 is 0. The van der Waals surface area contributed by atoms with Crippen LogP contribution in [-0.2, 0) is 4.74 Å². The molecule has 0 spiro atoms. The van der Waals surface area contributed by atoms with E-state index < -0.39 is 12.1 Å². The normalized spacial score (nSPS) is 12.1. The number of cyclic esters (lactones) is 1. The van der Waals surface area contributed by atoms with Crippen LogP contribution in [0.25, 0.3) is 0 Å². The highest BCUT2D eigenvalue weighted by Gasteiger charge is 2.32. The molecular weight excluding hydrogens is 560 g/mol. The summed E-state index contributed by atoms with van der Waals surface area (Å²) in [6, 6.07) is 30.1. The number of carbonyl (C=O) groups excluding carboxylic acids is 4. The third kappa shape index (κ3) is 8.90. The molecule has 4 aromatic carbocycles. The number of nitrogens with zero attached hydrogens (tertiary/aromatic N) is 2. The molecular formula is C35H28N2O7. The third-order valence-electron chi connectivity index (χ3n) is 6.22. The van der Waals surface area contributed by atoms with Gasteiger partial charge in [-0.3, -0.25) is 14.4 Å². The Labute approximate surface area is 254 Å². The molecule has 1 N–H and O–H groups in total. The quantitative estimate of drug-likeness (QED) is 0.148. The molecule has 0 aromatic heterocycles. The van der Waals surface area contributed by atoms with Crippen molar-refractivity contribution >= 4 is 29.8 Å². The third-order valence-corrected chi connectivity index (χ3v) is 6.22. The number of benzene rings is 4. The van der Waals surface area contributed by atoms with Crippen molar-refractivity contribution in [2.24, 2.45) is 0 Å². The summed E-state index contributed by atoms with van der Waals surface area (Å²) in [7, 11) is 0. The van der Waals surface area contributed by atoms with Gasteiger partial charge in [0.1, 0.15) is 6.10 Å². The van der Waals surface area contributed by atoms with E-state index in [1.807, 2.05) is 18.2 Å². The van der Waals surface area contributed by atoms with Crippen LogP contribution in [0.5, 0.6) is 0 Å². The number of nitriles is 2. The number of fused-ring (bicyclic) bond motifs is 1. The van der Waals surface area contributed by atoms with Crippen LogP contribution < -0.4 is 0 Å². The Bertz CT molecular complexity index is 1750. The second kappa shape index (κ2) is 16.3. The minimum atomic E-state index is -1.08. The Morgan fingerprint density at radius 1 is 0.818 bits per heavy atom. The highest BCUT2D eigenvalue weighted by molar-refractivity contribution is 5.99. The molecule has 0 saturated heterocycles. The molecule has 0 radical (unpaired) electrons. The average molecular weight is 589 g/mol. The van der Waals surface area contributed by atoms with Crippen molar-refractivity contribution in [2.75, 3.05) is 0 Å². The van der Waals surface area contributed by atoms with Crippen molar-refractivity contribution in [3.05, 3.63) is 142 Å². The molecule has 1 aliphatic rings. The first-order valence-corrected chi connectivity index (χ1v) is 12.8. The van der Waals surface area contributed by atoms with Gasteiger partial charge < -0.3 is 9.84 Å². The van der Waals surface area contributed by atoms with Crippen LogP contribution in [0.4, 0.5) is 0 Å². The van der Waals surface area contributed by atoms with E-state index in [0.29, 0.717) is 34.1 Å². The number of rotatable bonds is 6. The number of Topliss-reactive ketones (excluding diaryl/α,β-unsaturated/α-hetero) is 2. The summed E-state index contributed by atoms with van der Waals surface area (Å²) in [6.45, 7) is 1.50. The molecule has 0 amide bonds. The molecule has 220 valence electrons. The van der Waals surface area contributed by atoms with Gasteiger partial charge in [0.15, 0.2) is 17.9 Å². The molecule has 0 aliphatic carbocycles. The summed E-state index contributed by atoms with van der Waals surface area (Å²) in [5.74, 6) is -1.56. The lowest BCUT2D eigenvalue weighted by molar-refractivity contribution is 0.0366. The van der Waals surface area contributed by atoms with Crippen LogP contribution in [-0.4, -0.2) is 34.9 Å². The summed E-state index contributed by atoms with van der Waals surface area (Å²) in [6.07, 6.45) is 0.106. The van der Waals surface area contributed by atoms with E-state index in [1.165, 1.54) is 19.1 Å². The van der Waals surface area contributed by atoms with Gasteiger partial charge in [-0.1, -0.05) is 68.1 Å². The highest BCUT2D eigenvalue weighted by Crippen LogP contribution is 2.33. The van der Waals surface area contributed by atoms with E-state index in [1.54, 1.807) is 78.9 Å². The number of hydrogen-bond donors (Lipinski definition) is 1. The van der Waals surface area contributed by atoms with Gasteiger partial charge in [-0.2, -0.15) is 10.5 Å². The number of ketones is 2. The molecule has 9 nitrogen and oxygen atoms in total. The molecule has 5 rings (SSSR count). The fourth-order valence-electron chi connectivity index (χ4n) is 3.96. The Balaban J connectivity index is 0.000000250. The summed E-state index contributed by atoms with van der Waals surface area (Å²) in [5.41, 5.74) is 3.76. The molecule has 0 bridgehead atoms. The van der Waals surface area contributed by atoms with Crippen molar-refractivity contribution in [1.82, 2.24) is 0 Å². The van der Waals surface area contributed by atoms with Crippen molar-refractivity contribution in [2.45, 2.75) is 26.9 Å². The first kappa shape index (κ1) is 34.0. The van der Waals surface area contributed by atoms with Crippen LogP contribution in [0.2, 0.25) is 0 Å². The average Bonchev–Trinajstić information content (AvgIpc) is 3.36. The monoisotopic (exact) mass is 588 g/mol. The second-order valence-corrected chi connectivity index (χ2v) is 9.05. The number of carbonyl (C=O) groups is 5. The minimum Gasteiger partial charge on any atom is -0.478 e. The highest BCUT2D eigenvalue weighted by atomic mass is 16.5. The number of carboxylic acid groups (broad SMARTS) is 1. The van der Waals surface area contributed by atoms with Gasteiger partial charge in [0.2, 0.25) is 0 Å². The smallest absolute Gasteiger partial charge is 0.339 e. The number of hydrogen-bond acceptors (Lipinski definition) is 8. The molecule has 4 aromatic rings. The van der Waals surface area contributed by atoms with E-state index in [9.17, 15) is 24.0 Å². The summed E-state index contributed by atoms with van der Waals surface area (Å²) in [5, 5.41) is 25.7. The van der Waals surface area contributed by atoms with E-state index >= 15 is 0 Å². The van der Waals surface area contributed by atoms with Crippen molar-refractivity contribution in [3.8, 4) is 12.1 Å². The molecule has 44 heavy (non-hydrogen) atoms. The van der Waals surface area contributed by atoms with Crippen LogP contribution in [0.15, 0.2) is 97.1 Å². The number of carboxylic acids is 1. The van der Waals surface area contributed by atoms with Gasteiger partial charge in [-0.15, -0.1) is 0 Å². The minimum absolute atomic E-state index is 0. The Hall–Kier alpha value is -6.19. The first-order chi connectivity index (χ1) is 20.7. The van der Waals surface area contributed by atoms with Gasteiger partial charge in [0.25, 0.3) is 0 Å². The van der Waals surface area contributed by atoms with Crippen LogP contribution >= 0.6 is 0 Å². The lowest BCUT2D eigenvalue weighted by Gasteiger charge is -2.09. The molecule has 0 fully saturated rings.